The van der Waals surface area contributed by atoms with Gasteiger partial charge < -0.3 is 10.4 Å². The number of hydrogen-bond acceptors (Lipinski definition) is 6. The number of likely N-dealkylation sites (tertiary alicyclic amines) is 1. The SMILES string of the molecule is CC(C)=C(C(=O)O)N1C(=O)C(NC(=O)Cc2ccccc2)C1SN1C(=O)CC(C)(C)CC1=O. The first-order valence-electron chi connectivity index (χ1n) is 10.5. The van der Waals surface area contributed by atoms with E-state index in [0.717, 1.165) is 26.7 Å². The number of carboxylic acids is 1. The maximum atomic E-state index is 12.9. The molecule has 0 saturated carbocycles. The predicted molar refractivity (Wildman–Crippen MR) is 121 cm³/mol. The molecule has 2 fully saturated rings. The van der Waals surface area contributed by atoms with Gasteiger partial charge in [-0.3, -0.25) is 24.1 Å². The second-order valence-electron chi connectivity index (χ2n) is 9.17. The summed E-state index contributed by atoms with van der Waals surface area (Å²) >= 11 is 0.783. The zero-order chi connectivity index (χ0) is 24.5. The fraction of sp³-hybridized carbons (Fsp3) is 0.435. The van der Waals surface area contributed by atoms with Crippen molar-refractivity contribution in [3.8, 4) is 0 Å². The summed E-state index contributed by atoms with van der Waals surface area (Å²) in [6.07, 6.45) is 0.323. The first kappa shape index (κ1) is 24.5. The smallest absolute Gasteiger partial charge is 0.352 e. The standard InChI is InChI=1S/C23H27N3O6S/c1-13(2)19(22(31)32)25-20(30)18(24-15(27)10-14-8-6-5-7-9-14)21(25)33-26-16(28)11-23(3,4)12-17(26)29/h5-9,18,21H,10-12H2,1-4H3,(H,24,27)(H,31,32). The molecule has 4 amide bonds. The highest BCUT2D eigenvalue weighted by Gasteiger charge is 2.54. The van der Waals surface area contributed by atoms with Crippen LogP contribution in [0.1, 0.15) is 46.1 Å². The van der Waals surface area contributed by atoms with Gasteiger partial charge in [0.15, 0.2) is 0 Å². The topological polar surface area (TPSA) is 124 Å². The molecule has 0 bridgehead atoms. The number of imide groups is 1. The van der Waals surface area contributed by atoms with Gasteiger partial charge in [0.05, 0.1) is 6.42 Å². The average Bonchev–Trinajstić information content (AvgIpc) is 2.70. The van der Waals surface area contributed by atoms with Gasteiger partial charge in [0.1, 0.15) is 17.1 Å². The van der Waals surface area contributed by atoms with Crippen molar-refractivity contribution in [3.05, 3.63) is 47.2 Å². The van der Waals surface area contributed by atoms with Crippen molar-refractivity contribution in [2.24, 2.45) is 5.41 Å². The summed E-state index contributed by atoms with van der Waals surface area (Å²) < 4.78 is 0.996. The molecule has 0 spiro atoms. The number of piperidine rings is 1. The van der Waals surface area contributed by atoms with E-state index in [1.807, 2.05) is 19.9 Å². The number of carboxylic acid groups (broad SMARTS) is 1. The second-order valence-corrected chi connectivity index (χ2v) is 10.2. The van der Waals surface area contributed by atoms with Crippen molar-refractivity contribution < 1.29 is 29.1 Å². The zero-order valence-corrected chi connectivity index (χ0v) is 19.8. The summed E-state index contributed by atoms with van der Waals surface area (Å²) in [6, 6.07) is 7.89. The summed E-state index contributed by atoms with van der Waals surface area (Å²) in [5.41, 5.74) is 0.425. The van der Waals surface area contributed by atoms with E-state index in [2.05, 4.69) is 5.32 Å². The van der Waals surface area contributed by atoms with Crippen LogP contribution in [0.2, 0.25) is 0 Å². The van der Waals surface area contributed by atoms with Crippen LogP contribution in [-0.2, 0) is 30.4 Å². The van der Waals surface area contributed by atoms with Crippen LogP contribution in [-0.4, -0.2) is 55.3 Å². The molecule has 10 heteroatoms. The van der Waals surface area contributed by atoms with E-state index in [-0.39, 0.29) is 25.0 Å². The molecule has 2 aliphatic heterocycles. The van der Waals surface area contributed by atoms with E-state index in [4.69, 9.17) is 0 Å². The lowest BCUT2D eigenvalue weighted by Crippen LogP contribution is -2.70. The number of hydrogen-bond donors (Lipinski definition) is 2. The Morgan fingerprint density at radius 2 is 1.67 bits per heavy atom. The van der Waals surface area contributed by atoms with Crippen LogP contribution in [0.5, 0.6) is 0 Å². The van der Waals surface area contributed by atoms with E-state index in [1.165, 1.54) is 0 Å². The van der Waals surface area contributed by atoms with Gasteiger partial charge in [-0.15, -0.1) is 0 Å². The Hall–Kier alpha value is -3.14. The van der Waals surface area contributed by atoms with E-state index >= 15 is 0 Å². The molecular weight excluding hydrogens is 446 g/mol. The summed E-state index contributed by atoms with van der Waals surface area (Å²) in [6.45, 7) is 6.75. The quantitative estimate of drug-likeness (QED) is 0.269. The Morgan fingerprint density at radius 3 is 2.18 bits per heavy atom. The highest BCUT2D eigenvalue weighted by molar-refractivity contribution is 7.98. The fourth-order valence-electron chi connectivity index (χ4n) is 3.90. The van der Waals surface area contributed by atoms with Gasteiger partial charge >= 0.3 is 5.97 Å². The summed E-state index contributed by atoms with van der Waals surface area (Å²) in [7, 11) is 0. The van der Waals surface area contributed by atoms with Crippen molar-refractivity contribution in [3.63, 3.8) is 0 Å². The molecule has 33 heavy (non-hydrogen) atoms. The van der Waals surface area contributed by atoms with E-state index in [1.54, 1.807) is 38.1 Å². The molecule has 2 N–H and O–H groups in total. The highest BCUT2D eigenvalue weighted by atomic mass is 32.2. The molecule has 1 aromatic carbocycles. The minimum Gasteiger partial charge on any atom is -0.477 e. The molecular formula is C23H27N3O6S. The van der Waals surface area contributed by atoms with Crippen molar-refractivity contribution >= 4 is 41.5 Å². The molecule has 176 valence electrons. The van der Waals surface area contributed by atoms with Gasteiger partial charge in [0.25, 0.3) is 5.91 Å². The van der Waals surface area contributed by atoms with Crippen LogP contribution in [0.15, 0.2) is 41.6 Å². The molecule has 2 unspecified atom stereocenters. The number of nitrogens with one attached hydrogen (secondary N) is 1. The lowest BCUT2D eigenvalue weighted by molar-refractivity contribution is -0.151. The molecule has 2 heterocycles. The number of rotatable bonds is 7. The minimum absolute atomic E-state index is 0.0339. The molecule has 0 aliphatic carbocycles. The zero-order valence-electron chi connectivity index (χ0n) is 19.0. The third-order valence-electron chi connectivity index (χ3n) is 5.41. The highest BCUT2D eigenvalue weighted by Crippen LogP contribution is 2.41. The van der Waals surface area contributed by atoms with Crippen molar-refractivity contribution in [1.82, 2.24) is 14.5 Å². The number of carbonyl (C=O) groups is 5. The monoisotopic (exact) mass is 473 g/mol. The molecule has 3 rings (SSSR count). The molecule has 0 radical (unpaired) electrons. The minimum atomic E-state index is -1.31. The number of benzene rings is 1. The Kier molecular flexibility index (Phi) is 6.97. The van der Waals surface area contributed by atoms with Gasteiger partial charge in [-0.05, 0) is 42.3 Å². The van der Waals surface area contributed by atoms with Gasteiger partial charge in [-0.2, -0.15) is 0 Å². The first-order chi connectivity index (χ1) is 15.4. The Morgan fingerprint density at radius 1 is 1.09 bits per heavy atom. The average molecular weight is 474 g/mol. The largest absolute Gasteiger partial charge is 0.477 e. The number of nitrogens with zero attached hydrogens (tertiary/aromatic N) is 2. The van der Waals surface area contributed by atoms with E-state index in [9.17, 15) is 29.1 Å². The Balaban J connectivity index is 1.84. The summed E-state index contributed by atoms with van der Waals surface area (Å²) in [4.78, 5) is 63.7. The van der Waals surface area contributed by atoms with Crippen LogP contribution in [0.4, 0.5) is 0 Å². The second kappa shape index (κ2) is 9.38. The first-order valence-corrected chi connectivity index (χ1v) is 11.3. The van der Waals surface area contributed by atoms with Gasteiger partial charge in [0, 0.05) is 12.8 Å². The van der Waals surface area contributed by atoms with Crippen LogP contribution in [0.25, 0.3) is 0 Å². The normalized spacial score (nSPS) is 22.0. The number of amides is 4. The lowest BCUT2D eigenvalue weighted by atomic mass is 9.83. The van der Waals surface area contributed by atoms with E-state index < -0.39 is 46.4 Å². The summed E-state index contributed by atoms with van der Waals surface area (Å²) in [5.74, 6) is -3.16. The van der Waals surface area contributed by atoms with Crippen LogP contribution in [0.3, 0.4) is 0 Å². The summed E-state index contributed by atoms with van der Waals surface area (Å²) in [5, 5.41) is 11.4. The predicted octanol–water partition coefficient (Wildman–Crippen LogP) is 2.08. The Labute approximate surface area is 196 Å². The fourth-order valence-corrected chi connectivity index (χ4v) is 5.09. The molecule has 1 aromatic rings. The van der Waals surface area contributed by atoms with Crippen LogP contribution < -0.4 is 5.32 Å². The van der Waals surface area contributed by atoms with Gasteiger partial charge in [-0.25, -0.2) is 9.10 Å². The van der Waals surface area contributed by atoms with Crippen molar-refractivity contribution in [2.75, 3.05) is 0 Å². The van der Waals surface area contributed by atoms with Crippen LogP contribution in [0, 0.1) is 5.41 Å². The lowest BCUT2D eigenvalue weighted by Gasteiger charge is -2.48. The number of β-lactam (4-membered cyclic amide) rings is 1. The molecule has 2 atom stereocenters. The maximum Gasteiger partial charge on any atom is 0.352 e. The van der Waals surface area contributed by atoms with E-state index in [0.29, 0.717) is 5.57 Å². The molecule has 9 nitrogen and oxygen atoms in total. The number of aliphatic carboxylic acids is 1. The molecule has 0 aromatic heterocycles. The van der Waals surface area contributed by atoms with Crippen LogP contribution >= 0.6 is 11.9 Å². The number of allylic oxidation sites excluding steroid dienone is 1. The Bertz CT molecular complexity index is 1010. The van der Waals surface area contributed by atoms with Crippen molar-refractivity contribution in [2.45, 2.75) is 58.4 Å². The third-order valence-corrected chi connectivity index (χ3v) is 6.73. The molecule has 2 aliphatic rings. The molecule has 2 saturated heterocycles. The van der Waals surface area contributed by atoms with Gasteiger partial charge in [0.2, 0.25) is 17.7 Å². The third kappa shape index (κ3) is 5.27. The van der Waals surface area contributed by atoms with Crippen molar-refractivity contribution in [1.29, 1.82) is 0 Å². The maximum absolute atomic E-state index is 12.9. The van der Waals surface area contributed by atoms with Gasteiger partial charge in [-0.1, -0.05) is 44.2 Å². The number of carbonyl (C=O) groups excluding carboxylic acids is 4.